The molecule has 1 aliphatic carbocycles. The van der Waals surface area contributed by atoms with E-state index in [9.17, 15) is 22.4 Å². The molecule has 25 heavy (non-hydrogen) atoms. The second-order valence-corrected chi connectivity index (χ2v) is 6.80. The maximum Gasteiger partial charge on any atom is 0.436 e. The van der Waals surface area contributed by atoms with E-state index in [1.165, 1.54) is 12.1 Å². The van der Waals surface area contributed by atoms with E-state index in [-0.39, 0.29) is 16.1 Å². The number of carbonyl (C=O) groups excluding carboxylic acids is 1. The van der Waals surface area contributed by atoms with Gasteiger partial charge in [-0.3, -0.25) is 9.48 Å². The zero-order valence-electron chi connectivity index (χ0n) is 13.1. The van der Waals surface area contributed by atoms with Crippen LogP contribution >= 0.6 is 15.9 Å². The number of hydrogen-bond donors (Lipinski definition) is 1. The molecule has 0 bridgehead atoms. The summed E-state index contributed by atoms with van der Waals surface area (Å²) < 4.78 is 53.8. The molecule has 1 aliphatic rings. The van der Waals surface area contributed by atoms with E-state index in [2.05, 4.69) is 26.3 Å². The number of nitrogens with one attached hydrogen (secondary N) is 1. The van der Waals surface area contributed by atoms with Crippen LogP contribution in [-0.2, 0) is 17.5 Å². The van der Waals surface area contributed by atoms with Crippen LogP contribution in [0.3, 0.4) is 0 Å². The topological polar surface area (TPSA) is 46.9 Å². The number of halogens is 5. The molecule has 134 valence electrons. The summed E-state index contributed by atoms with van der Waals surface area (Å²) in [4.78, 5) is 12.2. The minimum Gasteiger partial charge on any atom is -0.322 e. The molecule has 1 heterocycles. The van der Waals surface area contributed by atoms with Gasteiger partial charge in [-0.15, -0.1) is 0 Å². The molecule has 1 amide bonds. The van der Waals surface area contributed by atoms with E-state index >= 15 is 0 Å². The molecule has 1 fully saturated rings. The molecule has 0 atom stereocenters. The predicted octanol–water partition coefficient (Wildman–Crippen LogP) is 4.63. The number of amides is 1. The van der Waals surface area contributed by atoms with E-state index in [1.807, 2.05) is 0 Å². The fraction of sp³-hybridized carbons (Fsp3) is 0.375. The highest BCUT2D eigenvalue weighted by Crippen LogP contribution is 2.46. The summed E-state index contributed by atoms with van der Waals surface area (Å²) in [6.45, 7) is 1.31. The second-order valence-electron chi connectivity index (χ2n) is 6.01. The highest BCUT2D eigenvalue weighted by molar-refractivity contribution is 9.10. The van der Waals surface area contributed by atoms with Crippen molar-refractivity contribution < 1.29 is 22.4 Å². The third-order valence-electron chi connectivity index (χ3n) is 3.85. The van der Waals surface area contributed by atoms with Crippen molar-refractivity contribution in [3.63, 3.8) is 0 Å². The summed E-state index contributed by atoms with van der Waals surface area (Å²) >= 11 is 2.96. The number of benzene rings is 1. The molecular formula is C16H14BrF4N3O. The monoisotopic (exact) mass is 419 g/mol. The smallest absolute Gasteiger partial charge is 0.322 e. The van der Waals surface area contributed by atoms with Gasteiger partial charge in [0.15, 0.2) is 5.69 Å². The molecular weight excluding hydrogens is 406 g/mol. The Balaban J connectivity index is 1.85. The van der Waals surface area contributed by atoms with Crippen molar-refractivity contribution in [1.82, 2.24) is 9.78 Å². The van der Waals surface area contributed by atoms with Crippen molar-refractivity contribution in [2.75, 3.05) is 5.32 Å². The van der Waals surface area contributed by atoms with Crippen LogP contribution in [0.15, 0.2) is 22.7 Å². The molecule has 9 heteroatoms. The summed E-state index contributed by atoms with van der Waals surface area (Å²) in [5.74, 6) is -1.31. The molecule has 0 spiro atoms. The lowest BCUT2D eigenvalue weighted by atomic mass is 10.2. The fourth-order valence-corrected chi connectivity index (χ4v) is 3.39. The minimum atomic E-state index is -4.62. The summed E-state index contributed by atoms with van der Waals surface area (Å²) in [5.41, 5.74) is 0.0351. The largest absolute Gasteiger partial charge is 0.436 e. The standard InChI is InChI=1S/C16H14BrF4N3O/c1-8-2-5-10(18)11(6-8)22-12(25)7-24-14(9-3-4-9)13(17)15(23-24)16(19,20)21/h2,5-6,9H,3-4,7H2,1H3,(H,22,25). The van der Waals surface area contributed by atoms with Gasteiger partial charge in [0.05, 0.1) is 15.9 Å². The van der Waals surface area contributed by atoms with Gasteiger partial charge in [0.25, 0.3) is 0 Å². The van der Waals surface area contributed by atoms with Gasteiger partial charge in [-0.05, 0) is 53.4 Å². The van der Waals surface area contributed by atoms with Gasteiger partial charge >= 0.3 is 6.18 Å². The average Bonchev–Trinajstić information content (AvgIpc) is 3.26. The van der Waals surface area contributed by atoms with Crippen molar-refractivity contribution in [2.45, 2.75) is 38.4 Å². The van der Waals surface area contributed by atoms with Crippen LogP contribution < -0.4 is 5.32 Å². The Hall–Kier alpha value is -1.90. The van der Waals surface area contributed by atoms with Crippen LogP contribution in [0.2, 0.25) is 0 Å². The third-order valence-corrected chi connectivity index (χ3v) is 4.64. The van der Waals surface area contributed by atoms with E-state index < -0.39 is 30.1 Å². The maximum atomic E-state index is 13.7. The normalized spacial score (nSPS) is 14.6. The Labute approximate surface area is 149 Å². The molecule has 1 aromatic heterocycles. The number of hydrogen-bond acceptors (Lipinski definition) is 2. The van der Waals surface area contributed by atoms with Crippen LogP contribution in [0.1, 0.15) is 35.7 Å². The first-order chi connectivity index (χ1) is 11.7. The number of anilines is 1. The van der Waals surface area contributed by atoms with Crippen LogP contribution in [0, 0.1) is 12.7 Å². The van der Waals surface area contributed by atoms with Crippen molar-refractivity contribution in [1.29, 1.82) is 0 Å². The lowest BCUT2D eigenvalue weighted by Gasteiger charge is -2.09. The van der Waals surface area contributed by atoms with Gasteiger partial charge in [-0.2, -0.15) is 18.3 Å². The van der Waals surface area contributed by atoms with E-state index in [1.54, 1.807) is 13.0 Å². The Bertz CT molecular complexity index is 828. The quantitative estimate of drug-likeness (QED) is 0.734. The lowest BCUT2D eigenvalue weighted by Crippen LogP contribution is -2.22. The van der Waals surface area contributed by atoms with Crippen LogP contribution in [0.4, 0.5) is 23.2 Å². The highest BCUT2D eigenvalue weighted by atomic mass is 79.9. The molecule has 1 saturated carbocycles. The number of aromatic nitrogens is 2. The molecule has 3 rings (SSSR count). The van der Waals surface area contributed by atoms with Gasteiger partial charge < -0.3 is 5.32 Å². The summed E-state index contributed by atoms with van der Waals surface area (Å²) in [6, 6.07) is 4.22. The number of rotatable bonds is 4. The van der Waals surface area contributed by atoms with Crippen molar-refractivity contribution >= 4 is 27.5 Å². The Kier molecular flexibility index (Phi) is 4.61. The maximum absolute atomic E-state index is 13.7. The third kappa shape index (κ3) is 3.86. The highest BCUT2D eigenvalue weighted by Gasteiger charge is 2.41. The predicted molar refractivity (Wildman–Crippen MR) is 86.7 cm³/mol. The molecule has 1 N–H and O–H groups in total. The van der Waals surface area contributed by atoms with E-state index in [0.717, 1.165) is 23.1 Å². The molecule has 0 unspecified atom stereocenters. The van der Waals surface area contributed by atoms with Crippen molar-refractivity contribution in [2.24, 2.45) is 0 Å². The van der Waals surface area contributed by atoms with Gasteiger partial charge in [0, 0.05) is 5.92 Å². The fourth-order valence-electron chi connectivity index (χ4n) is 2.56. The van der Waals surface area contributed by atoms with Crippen LogP contribution in [-0.4, -0.2) is 15.7 Å². The first kappa shape index (κ1) is 17.9. The zero-order valence-corrected chi connectivity index (χ0v) is 14.7. The Morgan fingerprint density at radius 3 is 2.68 bits per heavy atom. The summed E-state index contributed by atoms with van der Waals surface area (Å²) in [6.07, 6.45) is -3.13. The minimum absolute atomic E-state index is 0.0137. The zero-order chi connectivity index (χ0) is 18.4. The first-order valence-corrected chi connectivity index (χ1v) is 8.35. The van der Waals surface area contributed by atoms with Crippen LogP contribution in [0.5, 0.6) is 0 Å². The second kappa shape index (κ2) is 6.44. The molecule has 1 aromatic carbocycles. The molecule has 2 aromatic rings. The molecule has 0 aliphatic heterocycles. The molecule has 4 nitrogen and oxygen atoms in total. The van der Waals surface area contributed by atoms with Gasteiger partial charge in [0.1, 0.15) is 12.4 Å². The first-order valence-electron chi connectivity index (χ1n) is 7.56. The summed E-state index contributed by atoms with van der Waals surface area (Å²) in [7, 11) is 0. The number of carbonyl (C=O) groups is 1. The number of aryl methyl sites for hydroxylation is 1. The number of alkyl halides is 3. The van der Waals surface area contributed by atoms with E-state index in [4.69, 9.17) is 0 Å². The molecule has 0 radical (unpaired) electrons. The van der Waals surface area contributed by atoms with Gasteiger partial charge in [-0.1, -0.05) is 6.07 Å². The van der Waals surface area contributed by atoms with E-state index in [0.29, 0.717) is 5.69 Å². The lowest BCUT2D eigenvalue weighted by molar-refractivity contribution is -0.142. The van der Waals surface area contributed by atoms with Gasteiger partial charge in [0.2, 0.25) is 5.91 Å². The van der Waals surface area contributed by atoms with Crippen LogP contribution in [0.25, 0.3) is 0 Å². The number of nitrogens with zero attached hydrogens (tertiary/aromatic N) is 2. The van der Waals surface area contributed by atoms with Crippen molar-refractivity contribution in [3.8, 4) is 0 Å². The molecule has 0 saturated heterocycles. The Morgan fingerprint density at radius 1 is 1.40 bits per heavy atom. The van der Waals surface area contributed by atoms with Gasteiger partial charge in [-0.25, -0.2) is 4.39 Å². The average molecular weight is 420 g/mol. The SMILES string of the molecule is Cc1ccc(F)c(NC(=O)Cn2nc(C(F)(F)F)c(Br)c2C2CC2)c1. The van der Waals surface area contributed by atoms with Crippen molar-refractivity contribution in [3.05, 3.63) is 45.4 Å². The summed E-state index contributed by atoms with van der Waals surface area (Å²) in [5, 5.41) is 5.94. The Morgan fingerprint density at radius 2 is 2.08 bits per heavy atom.